The Bertz CT molecular complexity index is 666. The molecule has 9 heteroatoms. The Morgan fingerprint density at radius 3 is 2.90 bits per heavy atom. The second kappa shape index (κ2) is 5.34. The number of nitro groups is 1. The first kappa shape index (κ1) is 13.5. The highest BCUT2D eigenvalue weighted by atomic mass is 16.6. The molecule has 104 valence electrons. The first-order valence-corrected chi connectivity index (χ1v) is 5.64. The van der Waals surface area contributed by atoms with Gasteiger partial charge in [-0.05, 0) is 6.07 Å². The van der Waals surface area contributed by atoms with Crippen molar-refractivity contribution < 1.29 is 9.72 Å². The predicted molar refractivity (Wildman–Crippen MR) is 69.7 cm³/mol. The molecule has 1 amide bonds. The summed E-state index contributed by atoms with van der Waals surface area (Å²) in [6.45, 7) is 0.113. The molecule has 2 aromatic rings. The number of hydrogen-bond acceptors (Lipinski definition) is 6. The van der Waals surface area contributed by atoms with Crippen LogP contribution in [0.2, 0.25) is 0 Å². The molecule has 0 atom stereocenters. The van der Waals surface area contributed by atoms with E-state index in [9.17, 15) is 14.9 Å². The number of carbonyl (C=O) groups excluding carboxylic acids is 1. The van der Waals surface area contributed by atoms with Crippen molar-refractivity contribution in [3.8, 4) is 0 Å². The molecule has 0 aliphatic rings. The summed E-state index contributed by atoms with van der Waals surface area (Å²) in [6, 6.07) is 4.07. The number of nitrogens with one attached hydrogen (secondary N) is 1. The maximum Gasteiger partial charge on any atom is 0.292 e. The smallest absolute Gasteiger partial charge is 0.292 e. The molecule has 1 heterocycles. The summed E-state index contributed by atoms with van der Waals surface area (Å²) in [6.07, 6.45) is 1.50. The summed E-state index contributed by atoms with van der Waals surface area (Å²) in [5.74, 6) is -0.0801. The van der Waals surface area contributed by atoms with Crippen LogP contribution in [-0.4, -0.2) is 25.6 Å². The van der Waals surface area contributed by atoms with Gasteiger partial charge in [-0.3, -0.25) is 19.6 Å². The van der Waals surface area contributed by atoms with Crippen LogP contribution in [0, 0.1) is 10.1 Å². The van der Waals surface area contributed by atoms with Gasteiger partial charge in [0.25, 0.3) is 11.6 Å². The highest BCUT2D eigenvalue weighted by Gasteiger charge is 2.18. The van der Waals surface area contributed by atoms with Crippen molar-refractivity contribution in [1.29, 1.82) is 0 Å². The highest BCUT2D eigenvalue weighted by molar-refractivity contribution is 6.00. The van der Waals surface area contributed by atoms with E-state index in [0.29, 0.717) is 5.82 Å². The number of benzene rings is 1. The van der Waals surface area contributed by atoms with Gasteiger partial charge in [0.15, 0.2) is 5.82 Å². The molecule has 0 aliphatic carbocycles. The van der Waals surface area contributed by atoms with Crippen LogP contribution in [0.1, 0.15) is 16.2 Å². The maximum atomic E-state index is 11.9. The average molecular weight is 276 g/mol. The second-order valence-electron chi connectivity index (χ2n) is 4.01. The lowest BCUT2D eigenvalue weighted by Crippen LogP contribution is -2.24. The van der Waals surface area contributed by atoms with Crippen LogP contribution in [0.25, 0.3) is 0 Å². The van der Waals surface area contributed by atoms with Gasteiger partial charge >= 0.3 is 0 Å². The zero-order valence-corrected chi connectivity index (χ0v) is 10.6. The Balaban J connectivity index is 2.13. The van der Waals surface area contributed by atoms with Crippen LogP contribution >= 0.6 is 0 Å². The number of nitrogens with zero attached hydrogens (tertiary/aromatic N) is 4. The molecular formula is C11H12N6O3. The molecule has 0 bridgehead atoms. The number of hydrogen-bond donors (Lipinski definition) is 2. The van der Waals surface area contributed by atoms with Crippen molar-refractivity contribution >= 4 is 17.3 Å². The molecule has 20 heavy (non-hydrogen) atoms. The first-order chi connectivity index (χ1) is 9.49. The van der Waals surface area contributed by atoms with E-state index < -0.39 is 10.8 Å². The lowest BCUT2D eigenvalue weighted by molar-refractivity contribution is -0.383. The fourth-order valence-corrected chi connectivity index (χ4v) is 1.63. The van der Waals surface area contributed by atoms with Crippen molar-refractivity contribution in [2.24, 2.45) is 7.05 Å². The van der Waals surface area contributed by atoms with Gasteiger partial charge < -0.3 is 11.1 Å². The topological polar surface area (TPSA) is 129 Å². The minimum atomic E-state index is -0.633. The van der Waals surface area contributed by atoms with Crippen LogP contribution in [0.15, 0.2) is 24.5 Å². The van der Waals surface area contributed by atoms with Crippen LogP contribution in [0.5, 0.6) is 0 Å². The summed E-state index contributed by atoms with van der Waals surface area (Å²) in [5.41, 5.74) is 5.21. The van der Waals surface area contributed by atoms with E-state index in [0.717, 1.165) is 0 Å². The largest absolute Gasteiger partial charge is 0.393 e. The Kier molecular flexibility index (Phi) is 3.60. The molecule has 0 saturated heterocycles. The van der Waals surface area contributed by atoms with Crippen LogP contribution < -0.4 is 11.1 Å². The van der Waals surface area contributed by atoms with E-state index in [1.54, 1.807) is 7.05 Å². The van der Waals surface area contributed by atoms with E-state index >= 15 is 0 Å². The molecule has 0 aliphatic heterocycles. The van der Waals surface area contributed by atoms with Gasteiger partial charge in [0, 0.05) is 13.1 Å². The zero-order valence-electron chi connectivity index (χ0n) is 10.6. The molecule has 0 saturated carbocycles. The van der Waals surface area contributed by atoms with Gasteiger partial charge in [0.05, 0.1) is 17.0 Å². The van der Waals surface area contributed by atoms with Crippen LogP contribution in [0.3, 0.4) is 0 Å². The summed E-state index contributed by atoms with van der Waals surface area (Å²) in [4.78, 5) is 26.0. The van der Waals surface area contributed by atoms with Crippen LogP contribution in [0.4, 0.5) is 11.4 Å². The third-order valence-electron chi connectivity index (χ3n) is 2.58. The van der Waals surface area contributed by atoms with E-state index in [-0.39, 0.29) is 23.5 Å². The summed E-state index contributed by atoms with van der Waals surface area (Å²) in [7, 11) is 1.71. The Morgan fingerprint density at radius 2 is 2.30 bits per heavy atom. The maximum absolute atomic E-state index is 11.9. The number of anilines is 1. The molecule has 0 fully saturated rings. The fourth-order valence-electron chi connectivity index (χ4n) is 1.63. The van der Waals surface area contributed by atoms with Crippen LogP contribution in [-0.2, 0) is 13.6 Å². The SMILES string of the molecule is Cn1cnc(CNC(=O)c2cccc([N+](=O)[O-])c2N)n1. The summed E-state index contributed by atoms with van der Waals surface area (Å²) < 4.78 is 1.50. The quantitative estimate of drug-likeness (QED) is 0.467. The normalized spacial score (nSPS) is 10.2. The Hall–Kier alpha value is -2.97. The molecule has 9 nitrogen and oxygen atoms in total. The Morgan fingerprint density at radius 1 is 1.55 bits per heavy atom. The lowest BCUT2D eigenvalue weighted by atomic mass is 10.1. The lowest BCUT2D eigenvalue weighted by Gasteiger charge is -2.06. The highest BCUT2D eigenvalue weighted by Crippen LogP contribution is 2.24. The third-order valence-corrected chi connectivity index (χ3v) is 2.58. The molecule has 0 spiro atoms. The summed E-state index contributed by atoms with van der Waals surface area (Å²) >= 11 is 0. The number of para-hydroxylation sites is 1. The van der Waals surface area contributed by atoms with Crippen molar-refractivity contribution in [1.82, 2.24) is 20.1 Å². The van der Waals surface area contributed by atoms with Gasteiger partial charge in [0.1, 0.15) is 12.0 Å². The molecular weight excluding hydrogens is 264 g/mol. The van der Waals surface area contributed by atoms with E-state index in [1.165, 1.54) is 29.2 Å². The zero-order chi connectivity index (χ0) is 14.7. The Labute approximate surface area is 113 Å². The van der Waals surface area contributed by atoms with Gasteiger partial charge in [0.2, 0.25) is 0 Å². The first-order valence-electron chi connectivity index (χ1n) is 5.64. The minimum Gasteiger partial charge on any atom is -0.393 e. The van der Waals surface area contributed by atoms with Gasteiger partial charge in [-0.1, -0.05) is 6.07 Å². The molecule has 0 unspecified atom stereocenters. The molecule has 1 aromatic carbocycles. The van der Waals surface area contributed by atoms with Crippen molar-refractivity contribution in [3.63, 3.8) is 0 Å². The van der Waals surface area contributed by atoms with Gasteiger partial charge in [-0.25, -0.2) is 4.98 Å². The standard InChI is InChI=1S/C11H12N6O3/c1-16-6-14-9(15-16)5-13-11(18)7-3-2-4-8(10(7)12)17(19)20/h2-4,6H,5,12H2,1H3,(H,13,18). The number of rotatable bonds is 4. The number of nitro benzene ring substituents is 1. The molecule has 1 aromatic heterocycles. The molecule has 0 radical (unpaired) electrons. The van der Waals surface area contributed by atoms with Crippen molar-refractivity contribution in [2.45, 2.75) is 6.54 Å². The van der Waals surface area contributed by atoms with E-state index in [4.69, 9.17) is 5.73 Å². The molecule has 3 N–H and O–H groups in total. The predicted octanol–water partition coefficient (Wildman–Crippen LogP) is 0.235. The third kappa shape index (κ3) is 2.71. The number of amides is 1. The van der Waals surface area contributed by atoms with Gasteiger partial charge in [-0.15, -0.1) is 0 Å². The number of nitrogen functional groups attached to an aromatic ring is 1. The van der Waals surface area contributed by atoms with E-state index in [1.807, 2.05) is 0 Å². The fraction of sp³-hybridized carbons (Fsp3) is 0.182. The second-order valence-corrected chi connectivity index (χ2v) is 4.01. The van der Waals surface area contributed by atoms with Crippen molar-refractivity contribution in [2.75, 3.05) is 5.73 Å². The number of carbonyl (C=O) groups is 1. The number of aromatic nitrogens is 3. The average Bonchev–Trinajstić information content (AvgIpc) is 2.81. The van der Waals surface area contributed by atoms with Gasteiger partial charge in [-0.2, -0.15) is 5.10 Å². The molecule has 2 rings (SSSR count). The number of nitrogens with two attached hydrogens (primary N) is 1. The monoisotopic (exact) mass is 276 g/mol. The minimum absolute atomic E-state index is 0.0510. The summed E-state index contributed by atoms with van der Waals surface area (Å²) in [5, 5.41) is 17.3. The van der Waals surface area contributed by atoms with Crippen molar-refractivity contribution in [3.05, 3.63) is 46.0 Å². The van der Waals surface area contributed by atoms with E-state index in [2.05, 4.69) is 15.4 Å². The number of aryl methyl sites for hydroxylation is 1.